The van der Waals surface area contributed by atoms with Gasteiger partial charge in [0.05, 0.1) is 0 Å². The van der Waals surface area contributed by atoms with Crippen LogP contribution < -0.4 is 20.5 Å². The van der Waals surface area contributed by atoms with Gasteiger partial charge in [0, 0.05) is 22.9 Å². The number of rotatable bonds is 7. The van der Waals surface area contributed by atoms with E-state index in [0.717, 1.165) is 62.5 Å². The molecule has 0 aromatic heterocycles. The molecule has 5 aromatic rings. The van der Waals surface area contributed by atoms with Crippen molar-refractivity contribution in [2.24, 2.45) is 17.6 Å². The number of alkyl carbamates (subject to hydrolysis) is 1. The minimum absolute atomic E-state index is 0.0719. The Labute approximate surface area is 392 Å². The molecule has 1 amide bonds. The summed E-state index contributed by atoms with van der Waals surface area (Å²) in [5, 5.41) is 30.1. The highest BCUT2D eigenvalue weighted by Crippen LogP contribution is 2.49. The van der Waals surface area contributed by atoms with Crippen LogP contribution in [0.1, 0.15) is 127 Å². The molecule has 4 aliphatic rings. The number of nitrogens with two attached hydrogens (primary N) is 1. The molecule has 12 heteroatoms. The fourth-order valence-electron chi connectivity index (χ4n) is 10.9. The average Bonchev–Trinajstić information content (AvgIpc) is 3.32. The Balaban J connectivity index is 0.000000196. The van der Waals surface area contributed by atoms with Crippen molar-refractivity contribution in [3.05, 3.63) is 154 Å². The highest BCUT2D eigenvalue weighted by molar-refractivity contribution is 5.94. The van der Waals surface area contributed by atoms with Gasteiger partial charge in [-0.3, -0.25) is 4.79 Å². The van der Waals surface area contributed by atoms with Crippen molar-refractivity contribution < 1.29 is 48.7 Å². The second-order valence-corrected chi connectivity index (χ2v) is 18.7. The van der Waals surface area contributed by atoms with Crippen LogP contribution in [0, 0.1) is 11.8 Å². The van der Waals surface area contributed by atoms with E-state index in [1.165, 1.54) is 60.6 Å². The standard InChI is InChI=1S/C31H33NO5.C23H27NO3.CH2O2/c1-31-17-9-3-6-12-23(28(31)32-30(35)36-20-21-10-4-2-5-11-21)18-22-15-16-24(19-26(22)31)37-29(34)25-13-7-8-14-27(25)33;1-23-12-6-2-3-7-16(21(23)24)13-15-10-11-17(14-19(15)23)27-22(26)18-8-4-5-9-20(18)25;2-1-3/h2,4-5,7-8,10-11,13-16,19,23,28,33H,3,6,9,12,17-18,20H2,1H3,(H,32,35);4-5,8-11,14,16,21,25H,2-3,6-7,12-13,24H2,1H3;1H,(H,2,3)/t23-,28-,31+;16-,21-,23+;/m00./s1. The molecule has 12 nitrogen and oxygen atoms in total. The number of aromatic hydroxyl groups is 2. The van der Waals surface area contributed by atoms with Crippen LogP contribution in [0.5, 0.6) is 23.0 Å². The Kier molecular flexibility index (Phi) is 15.7. The average molecular weight is 911 g/mol. The van der Waals surface area contributed by atoms with Gasteiger partial charge in [0.15, 0.2) is 0 Å². The molecule has 0 aliphatic heterocycles. The van der Waals surface area contributed by atoms with Crippen molar-refractivity contribution >= 4 is 24.5 Å². The van der Waals surface area contributed by atoms with Crippen LogP contribution in [0.25, 0.3) is 0 Å². The van der Waals surface area contributed by atoms with Gasteiger partial charge in [0.1, 0.15) is 40.7 Å². The number of carbonyl (C=O) groups is 4. The van der Waals surface area contributed by atoms with Gasteiger partial charge in [-0.1, -0.05) is 119 Å². The molecule has 0 radical (unpaired) electrons. The second kappa shape index (κ2) is 21.8. The summed E-state index contributed by atoms with van der Waals surface area (Å²) in [6, 6.07) is 34.2. The lowest BCUT2D eigenvalue weighted by atomic mass is 9.59. The molecule has 0 spiro atoms. The molecule has 0 unspecified atom stereocenters. The molecular formula is C55H62N2O10. The number of ether oxygens (including phenoxy) is 3. The fourth-order valence-corrected chi connectivity index (χ4v) is 10.9. The summed E-state index contributed by atoms with van der Waals surface area (Å²) in [5.74, 6) is 0.433. The Bertz CT molecular complexity index is 2530. The molecule has 2 saturated carbocycles. The van der Waals surface area contributed by atoms with Gasteiger partial charge in [-0.2, -0.15) is 0 Å². The molecule has 9 rings (SSSR count). The third-order valence-electron chi connectivity index (χ3n) is 14.5. The Hall–Kier alpha value is -6.66. The lowest BCUT2D eigenvalue weighted by molar-refractivity contribution is -0.122. The minimum atomic E-state index is -0.603. The van der Waals surface area contributed by atoms with Crippen molar-refractivity contribution in [1.82, 2.24) is 5.32 Å². The number of carboxylic acid groups (broad SMARTS) is 1. The zero-order valence-electron chi connectivity index (χ0n) is 38.3. The summed E-state index contributed by atoms with van der Waals surface area (Å²) in [7, 11) is 0. The highest BCUT2D eigenvalue weighted by atomic mass is 16.6. The van der Waals surface area contributed by atoms with E-state index in [1.807, 2.05) is 60.7 Å². The quantitative estimate of drug-likeness (QED) is 0.0592. The first-order valence-corrected chi connectivity index (χ1v) is 23.4. The van der Waals surface area contributed by atoms with Gasteiger partial charge >= 0.3 is 18.0 Å². The van der Waals surface area contributed by atoms with E-state index in [4.69, 9.17) is 29.8 Å². The zero-order chi connectivity index (χ0) is 47.6. The first-order chi connectivity index (χ1) is 32.3. The van der Waals surface area contributed by atoms with E-state index < -0.39 is 18.0 Å². The number of hydrogen-bond donors (Lipinski definition) is 5. The van der Waals surface area contributed by atoms with Crippen molar-refractivity contribution in [2.45, 2.75) is 120 Å². The van der Waals surface area contributed by atoms with E-state index in [0.29, 0.717) is 23.3 Å². The van der Waals surface area contributed by atoms with Crippen LogP contribution in [0.15, 0.2) is 115 Å². The number of phenolic OH excluding ortho intramolecular Hbond substituents is 2. The van der Waals surface area contributed by atoms with Gasteiger partial charge in [0.25, 0.3) is 6.47 Å². The molecule has 6 atom stereocenters. The number of para-hydroxylation sites is 2. The number of amides is 1. The van der Waals surface area contributed by atoms with Crippen molar-refractivity contribution in [3.63, 3.8) is 0 Å². The predicted molar refractivity (Wildman–Crippen MR) is 254 cm³/mol. The number of nitrogens with one attached hydrogen (secondary N) is 1. The van der Waals surface area contributed by atoms with Crippen molar-refractivity contribution in [1.29, 1.82) is 0 Å². The summed E-state index contributed by atoms with van der Waals surface area (Å²) >= 11 is 0. The maximum Gasteiger partial charge on any atom is 0.407 e. The number of hydrogen-bond acceptors (Lipinski definition) is 10. The van der Waals surface area contributed by atoms with Gasteiger partial charge in [-0.05, 0) is 127 Å². The van der Waals surface area contributed by atoms with Gasteiger partial charge in [0.2, 0.25) is 0 Å². The summed E-state index contributed by atoms with van der Waals surface area (Å²) < 4.78 is 16.9. The first-order valence-electron chi connectivity index (χ1n) is 23.4. The lowest BCUT2D eigenvalue weighted by Gasteiger charge is -2.49. The fraction of sp³-hybridized carbons (Fsp3) is 0.382. The highest BCUT2D eigenvalue weighted by Gasteiger charge is 2.47. The zero-order valence-corrected chi connectivity index (χ0v) is 38.3. The van der Waals surface area contributed by atoms with Crippen LogP contribution in [0.2, 0.25) is 0 Å². The van der Waals surface area contributed by atoms with Gasteiger partial charge in [-0.25, -0.2) is 14.4 Å². The SMILES string of the molecule is C[C@@]12CCCCC[C@@H](Cc3ccc(OC(=O)c4ccccc4O)cc31)[C@@H]2N.C[C@@]12CCCCC[C@@H](Cc3ccc(OC(=O)c4ccccc4O)cc31)[C@@H]2NC(=O)OCc1ccccc1.O=CO. The third kappa shape index (κ3) is 11.1. The molecule has 4 bridgehead atoms. The number of esters is 2. The summed E-state index contributed by atoms with van der Waals surface area (Å²) in [6.45, 7) is 4.45. The summed E-state index contributed by atoms with van der Waals surface area (Å²) in [5.41, 5.74) is 12.4. The predicted octanol–water partition coefficient (Wildman–Crippen LogP) is 10.3. The van der Waals surface area contributed by atoms with Crippen molar-refractivity contribution in [2.75, 3.05) is 0 Å². The lowest BCUT2D eigenvalue weighted by Crippen LogP contribution is -2.57. The van der Waals surface area contributed by atoms with Gasteiger partial charge < -0.3 is 40.6 Å². The van der Waals surface area contributed by atoms with Crippen LogP contribution in [-0.2, 0) is 39.8 Å². The van der Waals surface area contributed by atoms with E-state index in [2.05, 4.69) is 25.2 Å². The normalized spacial score (nSPS) is 23.6. The van der Waals surface area contributed by atoms with E-state index in [-0.39, 0.29) is 58.6 Å². The van der Waals surface area contributed by atoms with Crippen LogP contribution in [-0.4, -0.2) is 51.9 Å². The van der Waals surface area contributed by atoms with E-state index in [9.17, 15) is 24.6 Å². The molecular weight excluding hydrogens is 849 g/mol. The second-order valence-electron chi connectivity index (χ2n) is 18.7. The molecule has 2 fully saturated rings. The van der Waals surface area contributed by atoms with E-state index in [1.54, 1.807) is 30.3 Å². The molecule has 0 heterocycles. The minimum Gasteiger partial charge on any atom is -0.507 e. The molecule has 6 N–H and O–H groups in total. The number of benzene rings is 5. The summed E-state index contributed by atoms with van der Waals surface area (Å²) in [4.78, 5) is 46.5. The maximum atomic E-state index is 12.9. The number of phenols is 2. The topological polar surface area (TPSA) is 195 Å². The molecule has 4 aliphatic carbocycles. The van der Waals surface area contributed by atoms with Gasteiger partial charge in [-0.15, -0.1) is 0 Å². The monoisotopic (exact) mass is 910 g/mol. The maximum absolute atomic E-state index is 12.9. The van der Waals surface area contributed by atoms with E-state index >= 15 is 0 Å². The Morgan fingerprint density at radius 3 is 1.69 bits per heavy atom. The molecule has 352 valence electrons. The Morgan fingerprint density at radius 2 is 1.13 bits per heavy atom. The van der Waals surface area contributed by atoms with Crippen molar-refractivity contribution in [3.8, 4) is 23.0 Å². The number of fused-ring (bicyclic) bond motifs is 8. The smallest absolute Gasteiger partial charge is 0.407 e. The third-order valence-corrected chi connectivity index (χ3v) is 14.5. The number of carbonyl (C=O) groups excluding carboxylic acids is 3. The summed E-state index contributed by atoms with van der Waals surface area (Å²) in [6.07, 6.45) is 12.7. The molecule has 67 heavy (non-hydrogen) atoms. The van der Waals surface area contributed by atoms with Crippen LogP contribution in [0.4, 0.5) is 4.79 Å². The first kappa shape index (κ1) is 48.3. The van der Waals surface area contributed by atoms with Crippen LogP contribution >= 0.6 is 0 Å². The van der Waals surface area contributed by atoms with Crippen LogP contribution in [0.3, 0.4) is 0 Å². The Morgan fingerprint density at radius 1 is 0.657 bits per heavy atom. The molecule has 0 saturated heterocycles. The molecule has 5 aromatic carbocycles. The largest absolute Gasteiger partial charge is 0.507 e.